The lowest BCUT2D eigenvalue weighted by Crippen LogP contribution is -2.52. The molecule has 0 radical (unpaired) electrons. The number of rotatable bonds is 8. The van der Waals surface area contributed by atoms with Gasteiger partial charge in [-0.2, -0.15) is 0 Å². The zero-order valence-electron chi connectivity index (χ0n) is 21.8. The number of esters is 1. The number of nitrogens with zero attached hydrogens (tertiary/aromatic N) is 3. The molecule has 1 saturated heterocycles. The number of allylic oxidation sites excluding steroid dienone is 1. The van der Waals surface area contributed by atoms with Crippen LogP contribution in [0.3, 0.4) is 0 Å². The lowest BCUT2D eigenvalue weighted by Gasteiger charge is -2.37. The van der Waals surface area contributed by atoms with Crippen molar-refractivity contribution in [1.82, 2.24) is 14.7 Å². The molecule has 0 N–H and O–H groups in total. The van der Waals surface area contributed by atoms with Gasteiger partial charge in [0, 0.05) is 44.2 Å². The van der Waals surface area contributed by atoms with Crippen LogP contribution in [0.2, 0.25) is 0 Å². The van der Waals surface area contributed by atoms with E-state index in [0.717, 1.165) is 25.2 Å². The normalized spacial score (nSPS) is 18.7. The molecule has 2 heterocycles. The first-order chi connectivity index (χ1) is 17.9. The Kier molecular flexibility index (Phi) is 8.61. The van der Waals surface area contributed by atoms with Crippen molar-refractivity contribution in [3.8, 4) is 11.5 Å². The van der Waals surface area contributed by atoms with Crippen LogP contribution in [0.1, 0.15) is 38.7 Å². The zero-order chi connectivity index (χ0) is 26.4. The topological polar surface area (TPSA) is 79.4 Å². The van der Waals surface area contributed by atoms with Crippen LogP contribution < -0.4 is 4.74 Å². The Hall–Kier alpha value is -3.65. The van der Waals surface area contributed by atoms with Gasteiger partial charge >= 0.3 is 5.97 Å². The quantitative estimate of drug-likeness (QED) is 0.508. The molecule has 0 spiro atoms. The van der Waals surface area contributed by atoms with Gasteiger partial charge in [-0.1, -0.05) is 37.3 Å². The van der Waals surface area contributed by atoms with Crippen LogP contribution >= 0.6 is 0 Å². The smallest absolute Gasteiger partial charge is 0.336 e. The predicted molar refractivity (Wildman–Crippen MR) is 140 cm³/mol. The summed E-state index contributed by atoms with van der Waals surface area (Å²) < 4.78 is 11.4. The molecule has 0 saturated carbocycles. The standard InChI is InChI=1S/C29H35N3O5/c1-4-30-14-16-31(17-15-30)27(34)20-32-21(3)28(29(35)36-5-2)25(19-26(32)33)22-10-9-13-24(18-22)37-23-11-7-6-8-12-23/h6-13,18,25H,4-5,14-17,19-20H2,1-3H3. The van der Waals surface area contributed by atoms with Crippen LogP contribution in [-0.4, -0.2) is 78.4 Å². The highest BCUT2D eigenvalue weighted by Crippen LogP contribution is 2.38. The molecule has 2 aliphatic rings. The van der Waals surface area contributed by atoms with Gasteiger partial charge in [0.25, 0.3) is 0 Å². The van der Waals surface area contributed by atoms with Gasteiger partial charge in [0.05, 0.1) is 12.2 Å². The molecule has 196 valence electrons. The molecule has 8 heteroatoms. The summed E-state index contributed by atoms with van der Waals surface area (Å²) in [5.74, 6) is 0.0436. The maximum atomic E-state index is 13.3. The number of benzene rings is 2. The van der Waals surface area contributed by atoms with Crippen molar-refractivity contribution >= 4 is 17.8 Å². The Bertz CT molecular complexity index is 1160. The molecule has 2 aromatic carbocycles. The van der Waals surface area contributed by atoms with Gasteiger partial charge in [-0.05, 0) is 50.2 Å². The van der Waals surface area contributed by atoms with Crippen molar-refractivity contribution in [3.63, 3.8) is 0 Å². The van der Waals surface area contributed by atoms with Crippen LogP contribution in [0.25, 0.3) is 0 Å². The molecular weight excluding hydrogens is 470 g/mol. The number of piperazine rings is 1. The fraction of sp³-hybridized carbons (Fsp3) is 0.414. The van der Waals surface area contributed by atoms with Crippen LogP contribution in [0.4, 0.5) is 0 Å². The molecule has 0 bridgehead atoms. The van der Waals surface area contributed by atoms with Gasteiger partial charge in [0.15, 0.2) is 0 Å². The summed E-state index contributed by atoms with van der Waals surface area (Å²) in [6.07, 6.45) is 0.0666. The molecule has 2 aromatic rings. The number of carbonyl (C=O) groups excluding carboxylic acids is 3. The van der Waals surface area contributed by atoms with E-state index >= 15 is 0 Å². The summed E-state index contributed by atoms with van der Waals surface area (Å²) in [4.78, 5) is 45.1. The second-order valence-corrected chi connectivity index (χ2v) is 9.26. The van der Waals surface area contributed by atoms with E-state index in [1.54, 1.807) is 18.7 Å². The highest BCUT2D eigenvalue weighted by molar-refractivity contribution is 5.97. The molecule has 37 heavy (non-hydrogen) atoms. The number of amides is 2. The number of para-hydroxylation sites is 1. The summed E-state index contributed by atoms with van der Waals surface area (Å²) in [7, 11) is 0. The fourth-order valence-corrected chi connectivity index (χ4v) is 4.93. The summed E-state index contributed by atoms with van der Waals surface area (Å²) in [6.45, 7) is 9.59. The maximum absolute atomic E-state index is 13.3. The second-order valence-electron chi connectivity index (χ2n) is 9.26. The second kappa shape index (κ2) is 12.1. The minimum Gasteiger partial charge on any atom is -0.463 e. The number of ether oxygens (including phenoxy) is 2. The molecule has 2 amide bonds. The van der Waals surface area contributed by atoms with Crippen molar-refractivity contribution < 1.29 is 23.9 Å². The van der Waals surface area contributed by atoms with E-state index in [-0.39, 0.29) is 31.4 Å². The molecule has 0 aromatic heterocycles. The summed E-state index contributed by atoms with van der Waals surface area (Å²) >= 11 is 0. The number of carbonyl (C=O) groups is 3. The van der Waals surface area contributed by atoms with Crippen LogP contribution in [0.5, 0.6) is 11.5 Å². The predicted octanol–water partition coefficient (Wildman–Crippen LogP) is 3.80. The van der Waals surface area contributed by atoms with Crippen LogP contribution in [0.15, 0.2) is 65.9 Å². The van der Waals surface area contributed by atoms with Gasteiger partial charge in [-0.15, -0.1) is 0 Å². The third-order valence-electron chi connectivity index (χ3n) is 7.02. The average molecular weight is 506 g/mol. The van der Waals surface area contributed by atoms with E-state index in [4.69, 9.17) is 9.47 Å². The molecule has 4 rings (SSSR count). The van der Waals surface area contributed by atoms with Gasteiger partial charge in [-0.3, -0.25) is 9.59 Å². The van der Waals surface area contributed by atoms with Crippen molar-refractivity contribution in [2.24, 2.45) is 0 Å². The average Bonchev–Trinajstić information content (AvgIpc) is 2.91. The molecule has 1 atom stereocenters. The summed E-state index contributed by atoms with van der Waals surface area (Å²) in [6, 6.07) is 16.9. The summed E-state index contributed by atoms with van der Waals surface area (Å²) in [5, 5.41) is 0. The minimum atomic E-state index is -0.495. The van der Waals surface area contributed by atoms with E-state index in [9.17, 15) is 14.4 Å². The summed E-state index contributed by atoms with van der Waals surface area (Å²) in [5.41, 5.74) is 1.65. The zero-order valence-corrected chi connectivity index (χ0v) is 21.8. The van der Waals surface area contributed by atoms with Gasteiger partial charge in [0.2, 0.25) is 11.8 Å². The fourth-order valence-electron chi connectivity index (χ4n) is 4.93. The van der Waals surface area contributed by atoms with Crippen molar-refractivity contribution in [1.29, 1.82) is 0 Å². The molecule has 2 aliphatic heterocycles. The highest BCUT2D eigenvalue weighted by Gasteiger charge is 2.38. The molecule has 8 nitrogen and oxygen atoms in total. The van der Waals surface area contributed by atoms with Crippen LogP contribution in [0, 0.1) is 0 Å². The first-order valence-corrected chi connectivity index (χ1v) is 12.9. The largest absolute Gasteiger partial charge is 0.463 e. The molecular formula is C29H35N3O5. The first-order valence-electron chi connectivity index (χ1n) is 12.9. The highest BCUT2D eigenvalue weighted by atomic mass is 16.5. The Balaban J connectivity index is 1.59. The lowest BCUT2D eigenvalue weighted by atomic mass is 9.83. The first kappa shape index (κ1) is 26.4. The third kappa shape index (κ3) is 6.20. The van der Waals surface area contributed by atoms with E-state index < -0.39 is 11.9 Å². The van der Waals surface area contributed by atoms with Crippen molar-refractivity contribution in [2.45, 2.75) is 33.1 Å². The Morgan fingerprint density at radius 3 is 2.32 bits per heavy atom. The van der Waals surface area contributed by atoms with Crippen molar-refractivity contribution in [2.75, 3.05) is 45.9 Å². The molecule has 1 fully saturated rings. The van der Waals surface area contributed by atoms with Gasteiger partial charge in [0.1, 0.15) is 18.0 Å². The lowest BCUT2D eigenvalue weighted by molar-refractivity contribution is -0.143. The monoisotopic (exact) mass is 505 g/mol. The Morgan fingerprint density at radius 2 is 1.65 bits per heavy atom. The van der Waals surface area contributed by atoms with Gasteiger partial charge < -0.3 is 24.2 Å². The van der Waals surface area contributed by atoms with Crippen molar-refractivity contribution in [3.05, 3.63) is 71.4 Å². The Labute approximate surface area is 218 Å². The van der Waals surface area contributed by atoms with Crippen LogP contribution in [-0.2, 0) is 19.1 Å². The SMILES string of the molecule is CCOC(=O)C1=C(C)N(CC(=O)N2CCN(CC)CC2)C(=O)CC1c1cccc(Oc2ccccc2)c1. The van der Waals surface area contributed by atoms with E-state index in [1.165, 1.54) is 4.90 Å². The number of hydrogen-bond donors (Lipinski definition) is 0. The van der Waals surface area contributed by atoms with E-state index in [2.05, 4.69) is 11.8 Å². The maximum Gasteiger partial charge on any atom is 0.336 e. The number of hydrogen-bond acceptors (Lipinski definition) is 6. The number of likely N-dealkylation sites (N-methyl/N-ethyl adjacent to an activating group) is 1. The van der Waals surface area contributed by atoms with E-state index in [0.29, 0.717) is 35.9 Å². The molecule has 0 aliphatic carbocycles. The van der Waals surface area contributed by atoms with Gasteiger partial charge in [-0.25, -0.2) is 4.79 Å². The third-order valence-corrected chi connectivity index (χ3v) is 7.02. The Morgan fingerprint density at radius 1 is 0.946 bits per heavy atom. The molecule has 1 unspecified atom stereocenters. The van der Waals surface area contributed by atoms with E-state index in [1.807, 2.05) is 54.6 Å². The minimum absolute atomic E-state index is 0.0666.